The minimum absolute atomic E-state index is 0.0268. The molecule has 0 bridgehead atoms. The molecule has 21 heavy (non-hydrogen) atoms. The van der Waals surface area contributed by atoms with E-state index in [9.17, 15) is 14.0 Å². The molecule has 4 nitrogen and oxygen atoms in total. The second-order valence-electron chi connectivity index (χ2n) is 5.93. The van der Waals surface area contributed by atoms with Gasteiger partial charge in [-0.05, 0) is 45.4 Å². The fourth-order valence-electron chi connectivity index (χ4n) is 1.78. The Balaban J connectivity index is 2.42. The van der Waals surface area contributed by atoms with Gasteiger partial charge < -0.3 is 10.1 Å². The zero-order valence-electron chi connectivity index (χ0n) is 12.9. The van der Waals surface area contributed by atoms with Crippen molar-refractivity contribution in [1.82, 2.24) is 5.32 Å². The number of hydrogen-bond donors (Lipinski definition) is 1. The summed E-state index contributed by atoms with van der Waals surface area (Å²) < 4.78 is 18.2. The molecule has 0 aromatic heterocycles. The number of carbonyl (C=O) groups excluding carboxylic acids is 2. The molecule has 1 aromatic carbocycles. The van der Waals surface area contributed by atoms with Crippen molar-refractivity contribution in [2.24, 2.45) is 0 Å². The predicted molar refractivity (Wildman–Crippen MR) is 78.0 cm³/mol. The standard InChI is InChI=1S/C16H22FNO3/c1-11(12-6-5-7-13(17)10-12)18-14(19)8-9-15(20)21-16(2,3)4/h5-7,10-11H,8-9H2,1-4H3,(H,18,19). The Kier molecular flexibility index (Phi) is 5.88. The predicted octanol–water partition coefficient (Wildman–Crippen LogP) is 3.12. The molecule has 116 valence electrons. The van der Waals surface area contributed by atoms with Crippen LogP contribution in [0.4, 0.5) is 4.39 Å². The number of nitrogens with one attached hydrogen (secondary N) is 1. The summed E-state index contributed by atoms with van der Waals surface area (Å²) in [4.78, 5) is 23.3. The van der Waals surface area contributed by atoms with Crippen molar-refractivity contribution in [2.45, 2.75) is 52.2 Å². The summed E-state index contributed by atoms with van der Waals surface area (Å²) in [7, 11) is 0. The molecule has 1 N–H and O–H groups in total. The lowest BCUT2D eigenvalue weighted by Crippen LogP contribution is -2.28. The van der Waals surface area contributed by atoms with Gasteiger partial charge in [-0.3, -0.25) is 9.59 Å². The Labute approximate surface area is 124 Å². The molecular weight excluding hydrogens is 273 g/mol. The summed E-state index contributed by atoms with van der Waals surface area (Å²) in [5.74, 6) is -1.02. The summed E-state index contributed by atoms with van der Waals surface area (Å²) >= 11 is 0. The van der Waals surface area contributed by atoms with Crippen LogP contribution >= 0.6 is 0 Å². The van der Waals surface area contributed by atoms with Gasteiger partial charge >= 0.3 is 5.97 Å². The van der Waals surface area contributed by atoms with Gasteiger partial charge in [0.05, 0.1) is 12.5 Å². The molecule has 0 fully saturated rings. The first-order chi connectivity index (χ1) is 9.67. The molecule has 0 saturated carbocycles. The van der Waals surface area contributed by atoms with Crippen LogP contribution in [0.25, 0.3) is 0 Å². The third-order valence-corrected chi connectivity index (χ3v) is 2.70. The number of halogens is 1. The Bertz CT molecular complexity index is 508. The van der Waals surface area contributed by atoms with Gasteiger partial charge in [-0.15, -0.1) is 0 Å². The van der Waals surface area contributed by atoms with Gasteiger partial charge in [0.1, 0.15) is 11.4 Å². The van der Waals surface area contributed by atoms with Gasteiger partial charge in [-0.25, -0.2) is 4.39 Å². The van der Waals surface area contributed by atoms with E-state index in [0.29, 0.717) is 5.56 Å². The van der Waals surface area contributed by atoms with E-state index in [1.807, 2.05) is 0 Å². The van der Waals surface area contributed by atoms with E-state index >= 15 is 0 Å². The second kappa shape index (κ2) is 7.20. The average molecular weight is 295 g/mol. The van der Waals surface area contributed by atoms with E-state index in [1.165, 1.54) is 12.1 Å². The molecule has 1 amide bonds. The van der Waals surface area contributed by atoms with Gasteiger partial charge in [0, 0.05) is 6.42 Å². The zero-order valence-corrected chi connectivity index (χ0v) is 12.9. The quantitative estimate of drug-likeness (QED) is 0.849. The Hall–Kier alpha value is -1.91. The number of amides is 1. The summed E-state index contributed by atoms with van der Waals surface area (Å²) in [6.45, 7) is 7.09. The largest absolute Gasteiger partial charge is 0.460 e. The number of ether oxygens (including phenoxy) is 1. The molecule has 5 heteroatoms. The lowest BCUT2D eigenvalue weighted by Gasteiger charge is -2.19. The van der Waals surface area contributed by atoms with Crippen molar-refractivity contribution < 1.29 is 18.7 Å². The third kappa shape index (κ3) is 6.88. The van der Waals surface area contributed by atoms with Crippen LogP contribution in [-0.4, -0.2) is 17.5 Å². The molecule has 1 rings (SSSR count). The molecule has 0 radical (unpaired) electrons. The van der Waals surface area contributed by atoms with E-state index in [-0.39, 0.29) is 30.6 Å². The van der Waals surface area contributed by atoms with Crippen LogP contribution in [0.1, 0.15) is 52.1 Å². The van der Waals surface area contributed by atoms with Crippen LogP contribution in [0.2, 0.25) is 0 Å². The monoisotopic (exact) mass is 295 g/mol. The molecule has 0 heterocycles. The minimum Gasteiger partial charge on any atom is -0.460 e. The number of carbonyl (C=O) groups is 2. The maximum absolute atomic E-state index is 13.1. The average Bonchev–Trinajstić information content (AvgIpc) is 2.34. The zero-order chi connectivity index (χ0) is 16.0. The van der Waals surface area contributed by atoms with Gasteiger partial charge in [0.2, 0.25) is 5.91 Å². The first-order valence-electron chi connectivity index (χ1n) is 6.94. The van der Waals surface area contributed by atoms with Crippen molar-refractivity contribution in [3.05, 3.63) is 35.6 Å². The highest BCUT2D eigenvalue weighted by Crippen LogP contribution is 2.14. The summed E-state index contributed by atoms with van der Waals surface area (Å²) in [6.07, 6.45) is 0.0769. The van der Waals surface area contributed by atoms with Gasteiger partial charge in [0.25, 0.3) is 0 Å². The molecule has 1 atom stereocenters. The van der Waals surface area contributed by atoms with Crippen LogP contribution in [-0.2, 0) is 14.3 Å². The number of rotatable bonds is 5. The highest BCUT2D eigenvalue weighted by Gasteiger charge is 2.17. The smallest absolute Gasteiger partial charge is 0.306 e. The highest BCUT2D eigenvalue weighted by molar-refractivity contribution is 5.81. The van der Waals surface area contributed by atoms with Crippen molar-refractivity contribution in [1.29, 1.82) is 0 Å². The molecule has 0 spiro atoms. The Morgan fingerprint density at radius 1 is 1.29 bits per heavy atom. The Morgan fingerprint density at radius 3 is 2.52 bits per heavy atom. The van der Waals surface area contributed by atoms with E-state index in [2.05, 4.69) is 5.32 Å². The molecular formula is C16H22FNO3. The molecule has 1 unspecified atom stereocenters. The van der Waals surface area contributed by atoms with E-state index in [0.717, 1.165) is 0 Å². The maximum atomic E-state index is 13.1. The Morgan fingerprint density at radius 2 is 1.95 bits per heavy atom. The summed E-state index contributed by atoms with van der Waals surface area (Å²) in [5.41, 5.74) is 0.128. The van der Waals surface area contributed by atoms with Crippen molar-refractivity contribution in [3.63, 3.8) is 0 Å². The SMILES string of the molecule is CC(NC(=O)CCC(=O)OC(C)(C)C)c1cccc(F)c1. The van der Waals surface area contributed by atoms with Crippen molar-refractivity contribution in [3.8, 4) is 0 Å². The molecule has 0 aliphatic carbocycles. The number of esters is 1. The van der Waals surface area contributed by atoms with E-state index in [1.54, 1.807) is 39.8 Å². The highest BCUT2D eigenvalue weighted by atomic mass is 19.1. The summed E-state index contributed by atoms with van der Waals surface area (Å²) in [5, 5.41) is 2.73. The van der Waals surface area contributed by atoms with Crippen LogP contribution in [0, 0.1) is 5.82 Å². The topological polar surface area (TPSA) is 55.4 Å². The third-order valence-electron chi connectivity index (χ3n) is 2.70. The first-order valence-corrected chi connectivity index (χ1v) is 6.94. The molecule has 0 aliphatic heterocycles. The van der Waals surface area contributed by atoms with E-state index < -0.39 is 11.6 Å². The molecule has 1 aromatic rings. The van der Waals surface area contributed by atoms with E-state index in [4.69, 9.17) is 4.74 Å². The van der Waals surface area contributed by atoms with Crippen LogP contribution in [0.15, 0.2) is 24.3 Å². The normalized spacial score (nSPS) is 12.6. The second-order valence-corrected chi connectivity index (χ2v) is 5.93. The van der Waals surface area contributed by atoms with Crippen molar-refractivity contribution in [2.75, 3.05) is 0 Å². The van der Waals surface area contributed by atoms with Gasteiger partial charge in [-0.2, -0.15) is 0 Å². The van der Waals surface area contributed by atoms with Crippen LogP contribution < -0.4 is 5.32 Å². The number of hydrogen-bond acceptors (Lipinski definition) is 3. The lowest BCUT2D eigenvalue weighted by molar-refractivity contribution is -0.155. The summed E-state index contributed by atoms with van der Waals surface area (Å²) in [6, 6.07) is 5.74. The lowest BCUT2D eigenvalue weighted by atomic mass is 10.1. The minimum atomic E-state index is -0.553. The maximum Gasteiger partial charge on any atom is 0.306 e. The molecule has 0 aliphatic rings. The van der Waals surface area contributed by atoms with Crippen LogP contribution in [0.5, 0.6) is 0 Å². The fraction of sp³-hybridized carbons (Fsp3) is 0.500. The van der Waals surface area contributed by atoms with Crippen LogP contribution in [0.3, 0.4) is 0 Å². The molecule has 0 saturated heterocycles. The van der Waals surface area contributed by atoms with Crippen molar-refractivity contribution >= 4 is 11.9 Å². The first kappa shape index (κ1) is 17.1. The van der Waals surface area contributed by atoms with Gasteiger partial charge in [0.15, 0.2) is 0 Å². The van der Waals surface area contributed by atoms with Gasteiger partial charge in [-0.1, -0.05) is 12.1 Å². The number of benzene rings is 1. The fourth-order valence-corrected chi connectivity index (χ4v) is 1.78.